The van der Waals surface area contributed by atoms with Crippen molar-refractivity contribution in [3.05, 3.63) is 0 Å². The lowest BCUT2D eigenvalue weighted by molar-refractivity contribution is -0.159. The summed E-state index contributed by atoms with van der Waals surface area (Å²) in [6, 6.07) is -0.418. The molecule has 2 saturated carbocycles. The first-order valence-corrected chi connectivity index (χ1v) is 7.34. The van der Waals surface area contributed by atoms with E-state index in [1.807, 2.05) is 0 Å². The third kappa shape index (κ3) is 1.72. The number of carbonyl (C=O) groups excluding carboxylic acids is 2. The molecule has 0 spiro atoms. The molecule has 4 nitrogen and oxygen atoms in total. The molecular formula is C15H23NO3. The summed E-state index contributed by atoms with van der Waals surface area (Å²) < 4.78 is 5.76. The second kappa shape index (κ2) is 3.97. The van der Waals surface area contributed by atoms with Gasteiger partial charge in [0, 0.05) is 11.8 Å². The van der Waals surface area contributed by atoms with Crippen molar-refractivity contribution in [2.45, 2.75) is 65.0 Å². The van der Waals surface area contributed by atoms with Crippen molar-refractivity contribution >= 4 is 11.9 Å². The van der Waals surface area contributed by atoms with Gasteiger partial charge in [0.2, 0.25) is 5.91 Å². The van der Waals surface area contributed by atoms with E-state index in [1.165, 1.54) is 6.42 Å². The fourth-order valence-corrected chi connectivity index (χ4v) is 4.32. The van der Waals surface area contributed by atoms with Crippen LogP contribution in [0.15, 0.2) is 0 Å². The lowest BCUT2D eigenvalue weighted by Gasteiger charge is -2.38. The van der Waals surface area contributed by atoms with Crippen LogP contribution in [-0.2, 0) is 14.3 Å². The highest BCUT2D eigenvalue weighted by atomic mass is 16.5. The average Bonchev–Trinajstić information content (AvgIpc) is 2.91. The van der Waals surface area contributed by atoms with Crippen LogP contribution < -0.4 is 5.32 Å². The number of ether oxygens (including phenoxy) is 1. The van der Waals surface area contributed by atoms with Crippen molar-refractivity contribution in [2.75, 3.05) is 0 Å². The van der Waals surface area contributed by atoms with Gasteiger partial charge in [-0.15, -0.1) is 0 Å². The molecule has 3 aliphatic rings. The molecule has 0 aromatic rings. The smallest absolute Gasteiger partial charge is 0.328 e. The molecule has 0 aromatic carbocycles. The van der Waals surface area contributed by atoms with Gasteiger partial charge in [0.25, 0.3) is 0 Å². The van der Waals surface area contributed by atoms with Crippen molar-refractivity contribution in [1.82, 2.24) is 5.32 Å². The topological polar surface area (TPSA) is 55.4 Å². The second-order valence-electron chi connectivity index (χ2n) is 7.19. The van der Waals surface area contributed by atoms with Gasteiger partial charge in [-0.2, -0.15) is 0 Å². The zero-order valence-electron chi connectivity index (χ0n) is 12.0. The van der Waals surface area contributed by atoms with Crippen molar-refractivity contribution < 1.29 is 14.3 Å². The summed E-state index contributed by atoms with van der Waals surface area (Å²) in [5.74, 6) is 0.385. The molecule has 1 aliphatic heterocycles. The molecule has 2 bridgehead atoms. The van der Waals surface area contributed by atoms with Crippen LogP contribution in [0, 0.1) is 16.7 Å². The van der Waals surface area contributed by atoms with Gasteiger partial charge < -0.3 is 10.1 Å². The predicted molar refractivity (Wildman–Crippen MR) is 70.3 cm³/mol. The van der Waals surface area contributed by atoms with Crippen molar-refractivity contribution in [1.29, 1.82) is 0 Å². The van der Waals surface area contributed by atoms with E-state index in [2.05, 4.69) is 26.1 Å². The van der Waals surface area contributed by atoms with E-state index >= 15 is 0 Å². The maximum Gasteiger partial charge on any atom is 0.328 e. The van der Waals surface area contributed by atoms with E-state index < -0.39 is 6.04 Å². The van der Waals surface area contributed by atoms with Gasteiger partial charge in [0.05, 0.1) is 0 Å². The number of fused-ring (bicyclic) bond motifs is 2. The molecule has 4 atom stereocenters. The highest BCUT2D eigenvalue weighted by Crippen LogP contribution is 2.66. The molecule has 1 N–H and O–H groups in total. The van der Waals surface area contributed by atoms with Gasteiger partial charge in [-0.3, -0.25) is 4.79 Å². The molecule has 3 rings (SSSR count). The zero-order chi connectivity index (χ0) is 13.8. The SMILES string of the molecule is CC1(C)C2CCC1(C)C(OC(=O)C1CCC(=O)N1)C2. The minimum absolute atomic E-state index is 0.0197. The van der Waals surface area contributed by atoms with Crippen molar-refractivity contribution in [3.63, 3.8) is 0 Å². The summed E-state index contributed by atoms with van der Waals surface area (Å²) in [6.07, 6.45) is 4.41. The number of rotatable bonds is 2. The highest BCUT2D eigenvalue weighted by molar-refractivity contribution is 5.88. The summed E-state index contributed by atoms with van der Waals surface area (Å²) >= 11 is 0. The van der Waals surface area contributed by atoms with Crippen molar-refractivity contribution in [2.24, 2.45) is 16.7 Å². The van der Waals surface area contributed by atoms with Crippen LogP contribution in [0.25, 0.3) is 0 Å². The highest BCUT2D eigenvalue weighted by Gasteiger charge is 2.63. The Bertz CT molecular complexity index is 431. The Labute approximate surface area is 114 Å². The molecule has 106 valence electrons. The maximum absolute atomic E-state index is 12.1. The first-order chi connectivity index (χ1) is 8.84. The van der Waals surface area contributed by atoms with Crippen LogP contribution in [0.3, 0.4) is 0 Å². The molecule has 3 fully saturated rings. The van der Waals surface area contributed by atoms with Crippen LogP contribution in [0.1, 0.15) is 52.9 Å². The standard InChI is InChI=1S/C15H23NO3/c1-14(2)9-6-7-15(14,3)11(8-9)19-13(18)10-4-5-12(17)16-10/h9-11H,4-8H2,1-3H3,(H,16,17). The van der Waals surface area contributed by atoms with Gasteiger partial charge >= 0.3 is 5.97 Å². The number of hydrogen-bond acceptors (Lipinski definition) is 3. The molecule has 1 saturated heterocycles. The van der Waals surface area contributed by atoms with Gasteiger partial charge in [-0.05, 0) is 37.0 Å². The average molecular weight is 265 g/mol. The fourth-order valence-electron chi connectivity index (χ4n) is 4.32. The molecule has 1 amide bonds. The van der Waals surface area contributed by atoms with E-state index in [0.29, 0.717) is 18.8 Å². The van der Waals surface area contributed by atoms with E-state index in [-0.39, 0.29) is 28.8 Å². The number of esters is 1. The molecule has 19 heavy (non-hydrogen) atoms. The summed E-state index contributed by atoms with van der Waals surface area (Å²) in [5.41, 5.74) is 0.340. The number of carbonyl (C=O) groups is 2. The normalized spacial score (nSPS) is 43.3. The first-order valence-electron chi connectivity index (χ1n) is 7.34. The predicted octanol–water partition coefficient (Wildman–Crippen LogP) is 2.02. The Balaban J connectivity index is 1.69. The fraction of sp³-hybridized carbons (Fsp3) is 0.867. The summed E-state index contributed by atoms with van der Waals surface area (Å²) in [7, 11) is 0. The largest absolute Gasteiger partial charge is 0.460 e. The summed E-state index contributed by atoms with van der Waals surface area (Å²) in [4.78, 5) is 23.3. The molecule has 4 heteroatoms. The van der Waals surface area contributed by atoms with Gasteiger partial charge in [-0.1, -0.05) is 20.8 Å². The van der Waals surface area contributed by atoms with E-state index in [4.69, 9.17) is 4.74 Å². The molecule has 4 unspecified atom stereocenters. The number of amides is 1. The molecule has 1 heterocycles. The summed E-state index contributed by atoms with van der Waals surface area (Å²) in [5, 5.41) is 2.69. The summed E-state index contributed by atoms with van der Waals surface area (Å²) in [6.45, 7) is 6.86. The quantitative estimate of drug-likeness (QED) is 0.777. The maximum atomic E-state index is 12.1. The minimum atomic E-state index is -0.418. The number of hydrogen-bond donors (Lipinski definition) is 1. The Morgan fingerprint density at radius 2 is 2.05 bits per heavy atom. The Kier molecular flexibility index (Phi) is 2.70. The lowest BCUT2D eigenvalue weighted by Crippen LogP contribution is -2.42. The monoisotopic (exact) mass is 265 g/mol. The molecule has 2 aliphatic carbocycles. The third-order valence-electron chi connectivity index (χ3n) is 6.25. The molecule has 0 radical (unpaired) electrons. The molecule has 0 aromatic heterocycles. The van der Waals surface area contributed by atoms with Crippen LogP contribution in [0.5, 0.6) is 0 Å². The van der Waals surface area contributed by atoms with E-state index in [1.54, 1.807) is 0 Å². The first kappa shape index (κ1) is 12.9. The van der Waals surface area contributed by atoms with Crippen molar-refractivity contribution in [3.8, 4) is 0 Å². The van der Waals surface area contributed by atoms with Crippen LogP contribution in [0.4, 0.5) is 0 Å². The Morgan fingerprint density at radius 3 is 2.53 bits per heavy atom. The Morgan fingerprint density at radius 1 is 1.32 bits per heavy atom. The minimum Gasteiger partial charge on any atom is -0.460 e. The van der Waals surface area contributed by atoms with Gasteiger partial charge in [0.1, 0.15) is 12.1 Å². The zero-order valence-corrected chi connectivity index (χ0v) is 12.0. The lowest BCUT2D eigenvalue weighted by atomic mass is 9.70. The molecular weight excluding hydrogens is 242 g/mol. The Hall–Kier alpha value is -1.06. The van der Waals surface area contributed by atoms with E-state index in [9.17, 15) is 9.59 Å². The second-order valence-corrected chi connectivity index (χ2v) is 7.19. The third-order valence-corrected chi connectivity index (χ3v) is 6.25. The van der Waals surface area contributed by atoms with Crippen LogP contribution >= 0.6 is 0 Å². The van der Waals surface area contributed by atoms with Crippen LogP contribution in [-0.4, -0.2) is 24.0 Å². The van der Waals surface area contributed by atoms with Crippen LogP contribution in [0.2, 0.25) is 0 Å². The van der Waals surface area contributed by atoms with E-state index in [0.717, 1.165) is 12.8 Å². The van der Waals surface area contributed by atoms with Gasteiger partial charge in [-0.25, -0.2) is 4.79 Å². The number of nitrogens with one attached hydrogen (secondary N) is 1. The van der Waals surface area contributed by atoms with Gasteiger partial charge in [0.15, 0.2) is 0 Å².